The fourth-order valence-corrected chi connectivity index (χ4v) is 10.2. The molecule has 2 aliphatic rings. The highest BCUT2D eigenvalue weighted by molar-refractivity contribution is 7.70. The number of hydrogen-bond donors (Lipinski definition) is 6. The number of esters is 1. The first-order valence-corrected chi connectivity index (χ1v) is 28.3. The van der Waals surface area contributed by atoms with Gasteiger partial charge in [0.15, 0.2) is 23.8 Å². The number of carbonyl (C=O) groups is 2. The van der Waals surface area contributed by atoms with Crippen LogP contribution >= 0.6 is 26.8 Å². The highest BCUT2D eigenvalue weighted by Crippen LogP contribution is 2.55. The number of amides is 1. The van der Waals surface area contributed by atoms with Gasteiger partial charge in [0.05, 0.1) is 143 Å². The van der Waals surface area contributed by atoms with Crippen LogP contribution in [0.1, 0.15) is 18.3 Å². The number of anilines is 1. The number of nitrogens with one attached hydrogen (secondary N) is 1. The van der Waals surface area contributed by atoms with Gasteiger partial charge in [0.2, 0.25) is 16.9 Å². The zero-order valence-electron chi connectivity index (χ0n) is 41.9. The monoisotopic (exact) mass is 1180 g/mol. The Morgan fingerprint density at radius 2 is 1.36 bits per heavy atom. The van der Waals surface area contributed by atoms with Gasteiger partial charge < -0.3 is 91.6 Å². The second-order valence-corrected chi connectivity index (χ2v) is 21.5. The molecule has 5 atom stereocenters. The molecule has 0 saturated carbocycles. The summed E-state index contributed by atoms with van der Waals surface area (Å²) >= 11 is 6.27. The Morgan fingerprint density at radius 3 is 1.97 bits per heavy atom. The number of hydrogen-bond acceptors (Lipinski definition) is 22. The van der Waals surface area contributed by atoms with E-state index >= 15 is 0 Å². The molecule has 1 unspecified atom stereocenters. The number of rotatable bonds is 38. The Kier molecular flexibility index (Phi) is 25.5. The lowest BCUT2D eigenvalue weighted by Gasteiger charge is -2.39. The van der Waals surface area contributed by atoms with Gasteiger partial charge in [-0.25, -0.2) is 17.9 Å². The lowest BCUT2D eigenvalue weighted by Crippen LogP contribution is -2.54. The molecule has 1 amide bonds. The molecule has 6 N–H and O–H groups in total. The third-order valence-corrected chi connectivity index (χ3v) is 14.8. The molecule has 1 aromatic carbocycles. The van der Waals surface area contributed by atoms with Crippen LogP contribution in [0.15, 0.2) is 30.6 Å². The third kappa shape index (κ3) is 20.6. The van der Waals surface area contributed by atoms with E-state index in [1.54, 1.807) is 16.9 Å². The SMILES string of the molecule is O=C(CCOCCOCCOCCOCCn1cc(COCCOCCOCCOCCNC(=O)C2CN(c3nc(Cl)nc4c3ccn4[C@@H]3O[C@H](COP(=O)(O)CP(=O)(O)O)[C@@H](O)[C@H]3O)C2)nn1)Oc1c(F)cc(F)cc1F. The highest BCUT2D eigenvalue weighted by atomic mass is 35.5. The zero-order chi connectivity index (χ0) is 56.1. The van der Waals surface area contributed by atoms with Crippen molar-refractivity contribution >= 4 is 55.5 Å². The molecule has 0 bridgehead atoms. The summed E-state index contributed by atoms with van der Waals surface area (Å²) in [4.78, 5) is 62.9. The summed E-state index contributed by atoms with van der Waals surface area (Å²) in [5, 5.41) is 32.7. The summed E-state index contributed by atoms with van der Waals surface area (Å²) in [6.07, 6.45) is -2.76. The van der Waals surface area contributed by atoms with Gasteiger partial charge in [-0.2, -0.15) is 9.97 Å². The van der Waals surface area contributed by atoms with Crippen LogP contribution in [-0.2, 0) is 79.0 Å². The van der Waals surface area contributed by atoms with Crippen molar-refractivity contribution in [1.29, 1.82) is 0 Å². The molecular weight excluding hydrogens is 1110 g/mol. The summed E-state index contributed by atoms with van der Waals surface area (Å²) in [6.45, 7) is 5.27. The van der Waals surface area contributed by atoms with E-state index in [2.05, 4.69) is 30.3 Å². The number of benzene rings is 1. The molecule has 0 spiro atoms. The smallest absolute Gasteiger partial charge is 0.340 e. The minimum atomic E-state index is -4.89. The van der Waals surface area contributed by atoms with Crippen LogP contribution in [-0.4, -0.2) is 216 Å². The normalized spacial score (nSPS) is 18.7. The second-order valence-electron chi connectivity index (χ2n) is 17.2. The lowest BCUT2D eigenvalue weighted by molar-refractivity contribution is -0.136. The largest absolute Gasteiger partial charge is 0.420 e. The molecule has 2 fully saturated rings. The number of nitrogens with zero attached hydrogens (tertiary/aromatic N) is 7. The van der Waals surface area contributed by atoms with Gasteiger partial charge in [0.1, 0.15) is 41.3 Å². The Hall–Kier alpha value is -4.34. The summed E-state index contributed by atoms with van der Waals surface area (Å²) in [5.74, 6) is -7.20. The summed E-state index contributed by atoms with van der Waals surface area (Å²) in [7, 11) is -9.64. The maximum Gasteiger partial charge on any atom is 0.340 e. The van der Waals surface area contributed by atoms with Crippen molar-refractivity contribution in [1.82, 2.24) is 34.8 Å². The maximum absolute atomic E-state index is 13.6. The van der Waals surface area contributed by atoms with Gasteiger partial charge in [-0.05, 0) is 17.7 Å². The molecule has 436 valence electrons. The number of aliphatic hydroxyl groups excluding tert-OH is 2. The number of aliphatic hydroxyl groups is 2. The van der Waals surface area contributed by atoms with Crippen molar-refractivity contribution in [3.8, 4) is 5.75 Å². The molecule has 0 aliphatic carbocycles. The number of fused-ring (bicyclic) bond motifs is 1. The number of carbonyl (C=O) groups excluding carboxylic acids is 2. The van der Waals surface area contributed by atoms with Gasteiger partial charge in [-0.1, -0.05) is 5.21 Å². The summed E-state index contributed by atoms with van der Waals surface area (Å²) < 4.78 is 125. The summed E-state index contributed by atoms with van der Waals surface area (Å²) in [5.41, 5.74) is 0.874. The fourth-order valence-electron chi connectivity index (χ4n) is 7.42. The minimum absolute atomic E-state index is 0.0649. The van der Waals surface area contributed by atoms with E-state index in [-0.39, 0.29) is 68.8 Å². The molecule has 2 aliphatic heterocycles. The standard InChI is InChI=1S/C44H62ClF3N8O20P2/c45-44-50-40(32-1-4-56(41(32)51-44)43-38(59)37(58)35(75-43)27-74-78(64,65)28-77(61,62)63)54-23-29(24-54)42(60)49-3-7-67-10-13-70-17-18-72-19-20-73-26-31-25-55(53-52-31)5-8-68-11-14-71-16-15-69-12-9-66-6-2-36(57)76-39-33(47)21-30(46)22-34(39)48/h1,4,21-22,25,29,35,37-38,43,58-59H,2-3,5-20,23-24,26-28H2,(H,49,60)(H,64,65)(H2,61,62,63)/t35-,37-,38-,43-/m1/s1. The predicted octanol–water partition coefficient (Wildman–Crippen LogP) is 0.931. The Balaban J connectivity index is 0.698. The molecule has 3 aromatic heterocycles. The van der Waals surface area contributed by atoms with Crippen LogP contribution in [0.3, 0.4) is 0 Å². The topological polar surface area (TPSA) is 348 Å². The van der Waals surface area contributed by atoms with Gasteiger partial charge in [-0.3, -0.25) is 18.7 Å². The molecule has 28 nitrogen and oxygen atoms in total. The van der Waals surface area contributed by atoms with Gasteiger partial charge >= 0.3 is 21.2 Å². The average molecular weight is 1180 g/mol. The molecule has 78 heavy (non-hydrogen) atoms. The van der Waals surface area contributed by atoms with E-state index in [1.165, 1.54) is 10.8 Å². The van der Waals surface area contributed by atoms with Crippen molar-refractivity contribution in [2.24, 2.45) is 5.92 Å². The van der Waals surface area contributed by atoms with Crippen LogP contribution in [0.25, 0.3) is 11.0 Å². The van der Waals surface area contributed by atoms with Crippen LogP contribution in [0.5, 0.6) is 5.75 Å². The first kappa shape index (κ1) is 62.9. The number of halogens is 4. The number of aromatic nitrogens is 6. The highest BCUT2D eigenvalue weighted by Gasteiger charge is 2.46. The molecule has 2 saturated heterocycles. The minimum Gasteiger partial charge on any atom is -0.420 e. The maximum atomic E-state index is 13.6. The second kappa shape index (κ2) is 31.6. The van der Waals surface area contributed by atoms with Crippen LogP contribution in [0, 0.1) is 23.4 Å². The first-order valence-electron chi connectivity index (χ1n) is 24.3. The van der Waals surface area contributed by atoms with Crippen molar-refractivity contribution in [3.63, 3.8) is 0 Å². The van der Waals surface area contributed by atoms with E-state index in [9.17, 15) is 47.0 Å². The Morgan fingerprint density at radius 1 is 0.782 bits per heavy atom. The summed E-state index contributed by atoms with van der Waals surface area (Å²) in [6, 6.07) is 2.46. The van der Waals surface area contributed by atoms with Crippen LogP contribution < -0.4 is 15.0 Å². The molecular formula is C44H62ClF3N8O20P2. The average Bonchev–Trinajstić information content (AvgIpc) is 4.16. The van der Waals surface area contributed by atoms with Gasteiger partial charge in [-0.15, -0.1) is 5.10 Å². The van der Waals surface area contributed by atoms with Gasteiger partial charge in [0, 0.05) is 38.0 Å². The quantitative estimate of drug-likeness (QED) is 0.0120. The van der Waals surface area contributed by atoms with E-state index in [4.69, 9.17) is 68.5 Å². The van der Waals surface area contributed by atoms with E-state index in [1.807, 2.05) is 4.90 Å². The third-order valence-electron chi connectivity index (χ3n) is 11.2. The van der Waals surface area contributed by atoms with Crippen molar-refractivity contribution < 1.29 is 109 Å². The molecule has 4 aromatic rings. The van der Waals surface area contributed by atoms with Crippen LogP contribution in [0.2, 0.25) is 5.28 Å². The Labute approximate surface area is 448 Å². The lowest BCUT2D eigenvalue weighted by atomic mass is 9.99. The molecule has 5 heterocycles. The molecule has 0 radical (unpaired) electrons. The van der Waals surface area contributed by atoms with E-state index < -0.39 is 81.4 Å². The van der Waals surface area contributed by atoms with Crippen molar-refractivity contribution in [3.05, 3.63) is 59.0 Å². The molecule has 6 rings (SSSR count). The van der Waals surface area contributed by atoms with Crippen LogP contribution in [0.4, 0.5) is 19.0 Å². The van der Waals surface area contributed by atoms with E-state index in [0.717, 1.165) is 0 Å². The molecule has 34 heteroatoms. The van der Waals surface area contributed by atoms with Crippen molar-refractivity contribution in [2.75, 3.05) is 136 Å². The first-order chi connectivity index (χ1) is 37.4. The number of ether oxygens (including phenoxy) is 10. The van der Waals surface area contributed by atoms with E-state index in [0.29, 0.717) is 121 Å². The van der Waals surface area contributed by atoms with Gasteiger partial charge in [0.25, 0.3) is 0 Å². The zero-order valence-corrected chi connectivity index (χ0v) is 44.5. The Bertz CT molecular complexity index is 2600. The fraction of sp³-hybridized carbons (Fsp3) is 0.636. The predicted molar refractivity (Wildman–Crippen MR) is 262 cm³/mol. The van der Waals surface area contributed by atoms with Crippen molar-refractivity contribution in [2.45, 2.75) is 44.1 Å².